The lowest BCUT2D eigenvalue weighted by Crippen LogP contribution is -2.13. The maximum absolute atomic E-state index is 13.1. The van der Waals surface area contributed by atoms with Gasteiger partial charge in [0.1, 0.15) is 17.3 Å². The number of amides is 1. The van der Waals surface area contributed by atoms with Crippen molar-refractivity contribution in [2.24, 2.45) is 0 Å². The van der Waals surface area contributed by atoms with Crippen molar-refractivity contribution in [3.05, 3.63) is 64.0 Å². The summed E-state index contributed by atoms with van der Waals surface area (Å²) >= 11 is 0. The molecule has 0 atom stereocenters. The first kappa shape index (κ1) is 16.4. The van der Waals surface area contributed by atoms with E-state index in [1.807, 2.05) is 6.92 Å². The second-order valence-corrected chi connectivity index (χ2v) is 4.75. The molecule has 0 aromatic heterocycles. The summed E-state index contributed by atoms with van der Waals surface area (Å²) in [5.74, 6) is -0.840. The minimum absolute atomic E-state index is 0.0214. The predicted molar refractivity (Wildman–Crippen MR) is 83.2 cm³/mol. The Morgan fingerprint density at radius 2 is 2.09 bits per heavy atom. The highest BCUT2D eigenvalue weighted by atomic mass is 19.1. The Labute approximate surface area is 132 Å². The first-order chi connectivity index (χ1) is 11.0. The van der Waals surface area contributed by atoms with Crippen LogP contribution in [0.4, 0.5) is 15.8 Å². The molecule has 6 nitrogen and oxygen atoms in total. The average molecular weight is 318 g/mol. The number of hydrogen-bond donors (Lipinski definition) is 1. The predicted octanol–water partition coefficient (Wildman–Crippen LogP) is 3.78. The van der Waals surface area contributed by atoms with Crippen molar-refractivity contribution >= 4 is 17.3 Å². The van der Waals surface area contributed by atoms with Crippen LogP contribution >= 0.6 is 0 Å². The van der Waals surface area contributed by atoms with E-state index >= 15 is 0 Å². The number of carbonyl (C=O) groups excluding carboxylic acids is 1. The summed E-state index contributed by atoms with van der Waals surface area (Å²) in [5.41, 5.74) is -0.193. The van der Waals surface area contributed by atoms with Gasteiger partial charge in [-0.25, -0.2) is 4.39 Å². The molecule has 120 valence electrons. The van der Waals surface area contributed by atoms with E-state index in [0.717, 1.165) is 12.5 Å². The zero-order chi connectivity index (χ0) is 16.8. The minimum Gasteiger partial charge on any atom is -0.493 e. The van der Waals surface area contributed by atoms with Gasteiger partial charge in [0, 0.05) is 5.56 Å². The van der Waals surface area contributed by atoms with E-state index in [0.29, 0.717) is 12.4 Å². The molecule has 1 N–H and O–H groups in total. The third kappa shape index (κ3) is 4.26. The van der Waals surface area contributed by atoms with Gasteiger partial charge in [0.2, 0.25) is 0 Å². The zero-order valence-corrected chi connectivity index (χ0v) is 12.4. The third-order valence-electron chi connectivity index (χ3n) is 2.97. The first-order valence-electron chi connectivity index (χ1n) is 6.99. The average Bonchev–Trinajstić information content (AvgIpc) is 2.53. The van der Waals surface area contributed by atoms with Crippen LogP contribution in [-0.4, -0.2) is 17.4 Å². The summed E-state index contributed by atoms with van der Waals surface area (Å²) in [6.45, 7) is 2.36. The number of carbonyl (C=O) groups is 1. The molecule has 0 radical (unpaired) electrons. The molecule has 0 aliphatic carbocycles. The Hall–Kier alpha value is -2.96. The maximum atomic E-state index is 13.1. The molecule has 0 saturated carbocycles. The number of benzene rings is 2. The summed E-state index contributed by atoms with van der Waals surface area (Å²) in [5, 5.41) is 13.6. The topological polar surface area (TPSA) is 81.5 Å². The highest BCUT2D eigenvalue weighted by molar-refractivity contribution is 6.05. The smallest absolute Gasteiger partial charge is 0.296 e. The van der Waals surface area contributed by atoms with Crippen LogP contribution in [0.3, 0.4) is 0 Å². The monoisotopic (exact) mass is 318 g/mol. The molecule has 0 bridgehead atoms. The summed E-state index contributed by atoms with van der Waals surface area (Å²) in [6.07, 6.45) is 0.770. The van der Waals surface area contributed by atoms with Gasteiger partial charge in [-0.3, -0.25) is 14.9 Å². The Morgan fingerprint density at radius 3 is 2.74 bits per heavy atom. The van der Waals surface area contributed by atoms with E-state index < -0.39 is 16.6 Å². The molecule has 0 heterocycles. The van der Waals surface area contributed by atoms with E-state index in [9.17, 15) is 19.3 Å². The van der Waals surface area contributed by atoms with Gasteiger partial charge in [-0.15, -0.1) is 0 Å². The lowest BCUT2D eigenvalue weighted by Gasteiger charge is -2.09. The summed E-state index contributed by atoms with van der Waals surface area (Å²) in [4.78, 5) is 22.6. The van der Waals surface area contributed by atoms with Crippen LogP contribution < -0.4 is 10.1 Å². The zero-order valence-electron chi connectivity index (χ0n) is 12.4. The van der Waals surface area contributed by atoms with Crippen LogP contribution in [0.2, 0.25) is 0 Å². The number of nitrogens with one attached hydrogen (secondary N) is 1. The molecule has 0 aliphatic rings. The first-order valence-corrected chi connectivity index (χ1v) is 6.99. The molecule has 0 aliphatic heterocycles. The molecule has 2 aromatic rings. The molecule has 23 heavy (non-hydrogen) atoms. The van der Waals surface area contributed by atoms with Crippen molar-refractivity contribution in [1.82, 2.24) is 0 Å². The fraction of sp³-hybridized carbons (Fsp3) is 0.188. The van der Waals surface area contributed by atoms with Crippen molar-refractivity contribution in [3.8, 4) is 5.75 Å². The van der Waals surface area contributed by atoms with Gasteiger partial charge in [0.05, 0.1) is 17.6 Å². The summed E-state index contributed by atoms with van der Waals surface area (Å²) in [7, 11) is 0. The van der Waals surface area contributed by atoms with Crippen molar-refractivity contribution in [2.75, 3.05) is 11.9 Å². The molecule has 7 heteroatoms. The van der Waals surface area contributed by atoms with Gasteiger partial charge in [0.15, 0.2) is 0 Å². The highest BCUT2D eigenvalue weighted by Gasteiger charge is 2.18. The number of ether oxygens (including phenoxy) is 1. The number of hydrogen-bond acceptors (Lipinski definition) is 4. The largest absolute Gasteiger partial charge is 0.493 e. The molecule has 2 aromatic carbocycles. The number of nitro groups is 1. The fourth-order valence-electron chi connectivity index (χ4n) is 1.90. The van der Waals surface area contributed by atoms with E-state index in [-0.39, 0.29) is 16.9 Å². The quantitative estimate of drug-likeness (QED) is 0.649. The molecule has 2 rings (SSSR count). The number of nitrogens with zero attached hydrogens (tertiary/aromatic N) is 1. The number of rotatable bonds is 6. The fourth-order valence-corrected chi connectivity index (χ4v) is 1.90. The molecular formula is C16H15FN2O4. The van der Waals surface area contributed by atoms with Gasteiger partial charge < -0.3 is 10.1 Å². The molecule has 1 amide bonds. The van der Waals surface area contributed by atoms with Crippen LogP contribution in [0.1, 0.15) is 23.7 Å². The third-order valence-corrected chi connectivity index (χ3v) is 2.97. The van der Waals surface area contributed by atoms with Gasteiger partial charge >= 0.3 is 0 Å². The molecule has 0 spiro atoms. The normalized spacial score (nSPS) is 10.2. The van der Waals surface area contributed by atoms with E-state index in [1.54, 1.807) is 0 Å². The van der Waals surface area contributed by atoms with E-state index in [1.165, 1.54) is 36.4 Å². The second kappa shape index (κ2) is 7.35. The Bertz CT molecular complexity index is 734. The van der Waals surface area contributed by atoms with Crippen molar-refractivity contribution in [2.45, 2.75) is 13.3 Å². The highest BCUT2D eigenvalue weighted by Crippen LogP contribution is 2.29. The lowest BCUT2D eigenvalue weighted by molar-refractivity contribution is -0.384. The second-order valence-electron chi connectivity index (χ2n) is 4.75. The van der Waals surface area contributed by atoms with Crippen molar-refractivity contribution in [1.29, 1.82) is 0 Å². The van der Waals surface area contributed by atoms with Crippen LogP contribution in [0.25, 0.3) is 0 Å². The molecule has 0 unspecified atom stereocenters. The van der Waals surface area contributed by atoms with Crippen molar-refractivity contribution in [3.63, 3.8) is 0 Å². The summed E-state index contributed by atoms with van der Waals surface area (Å²) in [6, 6.07) is 9.24. The minimum atomic E-state index is -0.630. The van der Waals surface area contributed by atoms with Gasteiger partial charge in [-0.1, -0.05) is 13.0 Å². The Balaban J connectivity index is 2.24. The number of anilines is 1. The molecule has 0 fully saturated rings. The maximum Gasteiger partial charge on any atom is 0.296 e. The van der Waals surface area contributed by atoms with E-state index in [4.69, 9.17) is 4.74 Å². The van der Waals surface area contributed by atoms with Crippen LogP contribution in [0.15, 0.2) is 42.5 Å². The van der Waals surface area contributed by atoms with Crippen LogP contribution in [-0.2, 0) is 0 Å². The standard InChI is InChI=1S/C16H15FN2O4/c1-2-8-23-13-6-7-14(15(10-13)19(21)22)18-16(20)11-4-3-5-12(17)9-11/h3-7,9-10H,2,8H2,1H3,(H,18,20). The van der Waals surface area contributed by atoms with Gasteiger partial charge in [0.25, 0.3) is 11.6 Å². The Kier molecular flexibility index (Phi) is 5.24. The molecule has 0 saturated heterocycles. The van der Waals surface area contributed by atoms with Crippen molar-refractivity contribution < 1.29 is 18.8 Å². The van der Waals surface area contributed by atoms with Crippen LogP contribution in [0, 0.1) is 15.9 Å². The summed E-state index contributed by atoms with van der Waals surface area (Å²) < 4.78 is 18.5. The van der Waals surface area contributed by atoms with Gasteiger partial charge in [-0.2, -0.15) is 0 Å². The lowest BCUT2D eigenvalue weighted by atomic mass is 10.2. The Morgan fingerprint density at radius 1 is 1.30 bits per heavy atom. The van der Waals surface area contributed by atoms with Crippen LogP contribution in [0.5, 0.6) is 5.75 Å². The number of nitro benzene ring substituents is 1. The number of halogens is 1. The SMILES string of the molecule is CCCOc1ccc(NC(=O)c2cccc(F)c2)c([N+](=O)[O-])c1. The molecular weight excluding hydrogens is 303 g/mol. The van der Waals surface area contributed by atoms with Gasteiger partial charge in [-0.05, 0) is 36.8 Å². The van der Waals surface area contributed by atoms with E-state index in [2.05, 4.69) is 5.32 Å².